The van der Waals surface area contributed by atoms with Crippen LogP contribution in [0.1, 0.15) is 39.2 Å². The van der Waals surface area contributed by atoms with Gasteiger partial charge in [-0.1, -0.05) is 26.0 Å². The van der Waals surface area contributed by atoms with E-state index in [2.05, 4.69) is 16.0 Å². The van der Waals surface area contributed by atoms with E-state index in [1.54, 1.807) is 0 Å². The van der Waals surface area contributed by atoms with Crippen molar-refractivity contribution >= 4 is 29.7 Å². The van der Waals surface area contributed by atoms with Gasteiger partial charge in [-0.3, -0.25) is 19.2 Å². The van der Waals surface area contributed by atoms with Gasteiger partial charge in [0.15, 0.2) is 0 Å². The van der Waals surface area contributed by atoms with Gasteiger partial charge in [-0.2, -0.15) is 0 Å². The summed E-state index contributed by atoms with van der Waals surface area (Å²) in [4.78, 5) is 59.9. The Kier molecular flexibility index (Phi) is 11.0. The molecule has 0 radical (unpaired) electrons. The molecule has 12 heteroatoms. The summed E-state index contributed by atoms with van der Waals surface area (Å²) < 4.78 is 0. The van der Waals surface area contributed by atoms with Crippen molar-refractivity contribution < 1.29 is 39.3 Å². The Bertz CT molecular complexity index is 887. The van der Waals surface area contributed by atoms with Gasteiger partial charge in [0.25, 0.3) is 0 Å². The molecule has 0 aliphatic heterocycles. The minimum Gasteiger partial charge on any atom is -0.508 e. The molecule has 0 aromatic heterocycles. The number of phenols is 1. The van der Waals surface area contributed by atoms with Crippen molar-refractivity contribution in [3.05, 3.63) is 29.8 Å². The number of nitrogens with one attached hydrogen (secondary N) is 3. The third kappa shape index (κ3) is 9.86. The number of carboxylic acids is 2. The molecular formula is C22H32N4O8. The van der Waals surface area contributed by atoms with Crippen LogP contribution in [-0.2, 0) is 30.4 Å². The maximum Gasteiger partial charge on any atom is 0.326 e. The van der Waals surface area contributed by atoms with Gasteiger partial charge in [-0.25, -0.2) is 4.79 Å². The van der Waals surface area contributed by atoms with Crippen molar-refractivity contribution in [3.8, 4) is 5.75 Å². The van der Waals surface area contributed by atoms with E-state index in [0.29, 0.717) is 12.0 Å². The molecule has 1 aromatic rings. The Morgan fingerprint density at radius 1 is 0.853 bits per heavy atom. The maximum atomic E-state index is 12.8. The zero-order valence-corrected chi connectivity index (χ0v) is 19.3. The van der Waals surface area contributed by atoms with E-state index in [1.165, 1.54) is 31.2 Å². The maximum absolute atomic E-state index is 12.8. The summed E-state index contributed by atoms with van der Waals surface area (Å²) in [6.07, 6.45) is -0.543. The molecule has 34 heavy (non-hydrogen) atoms. The molecule has 0 fully saturated rings. The van der Waals surface area contributed by atoms with Gasteiger partial charge >= 0.3 is 11.9 Å². The molecular weight excluding hydrogens is 448 g/mol. The first-order valence-electron chi connectivity index (χ1n) is 10.7. The molecule has 4 atom stereocenters. The van der Waals surface area contributed by atoms with Crippen molar-refractivity contribution in [2.24, 2.45) is 11.7 Å². The number of rotatable bonds is 13. The molecule has 0 saturated carbocycles. The highest BCUT2D eigenvalue weighted by atomic mass is 16.4. The summed E-state index contributed by atoms with van der Waals surface area (Å²) in [5, 5.41) is 34.6. The number of nitrogens with two attached hydrogens (primary N) is 1. The second kappa shape index (κ2) is 13.1. The number of aromatic hydroxyl groups is 1. The van der Waals surface area contributed by atoms with Crippen molar-refractivity contribution in [2.75, 3.05) is 0 Å². The van der Waals surface area contributed by atoms with Crippen LogP contribution in [0.3, 0.4) is 0 Å². The van der Waals surface area contributed by atoms with Crippen LogP contribution in [0.2, 0.25) is 0 Å². The average Bonchev–Trinajstić information content (AvgIpc) is 2.73. The van der Waals surface area contributed by atoms with Crippen LogP contribution in [-0.4, -0.2) is 69.1 Å². The summed E-state index contributed by atoms with van der Waals surface area (Å²) >= 11 is 0. The SMILES string of the molecule is CC(C)CC(N)C(=O)NC(C)C(=O)NC(Cc1ccc(O)cc1)C(=O)NC(CC(=O)O)C(=O)O. The van der Waals surface area contributed by atoms with E-state index < -0.39 is 60.2 Å². The normalized spacial score (nSPS) is 14.4. The van der Waals surface area contributed by atoms with Crippen LogP contribution in [0.5, 0.6) is 5.75 Å². The number of hydrogen-bond acceptors (Lipinski definition) is 7. The average molecular weight is 481 g/mol. The van der Waals surface area contributed by atoms with E-state index >= 15 is 0 Å². The Morgan fingerprint density at radius 2 is 1.41 bits per heavy atom. The lowest BCUT2D eigenvalue weighted by Gasteiger charge is -2.24. The molecule has 0 saturated heterocycles. The van der Waals surface area contributed by atoms with Gasteiger partial charge in [-0.05, 0) is 37.0 Å². The van der Waals surface area contributed by atoms with Crippen LogP contribution >= 0.6 is 0 Å². The highest BCUT2D eigenvalue weighted by molar-refractivity contribution is 5.94. The van der Waals surface area contributed by atoms with Gasteiger partial charge in [0.2, 0.25) is 17.7 Å². The highest BCUT2D eigenvalue weighted by Crippen LogP contribution is 2.12. The van der Waals surface area contributed by atoms with Crippen LogP contribution in [0.4, 0.5) is 0 Å². The monoisotopic (exact) mass is 480 g/mol. The molecule has 0 aliphatic carbocycles. The minimum absolute atomic E-state index is 0.0183. The Morgan fingerprint density at radius 3 is 1.91 bits per heavy atom. The lowest BCUT2D eigenvalue weighted by atomic mass is 10.0. The number of benzene rings is 1. The minimum atomic E-state index is -1.71. The molecule has 188 valence electrons. The molecule has 4 unspecified atom stereocenters. The number of carbonyl (C=O) groups is 5. The third-order valence-corrected chi connectivity index (χ3v) is 4.82. The van der Waals surface area contributed by atoms with Crippen LogP contribution < -0.4 is 21.7 Å². The highest BCUT2D eigenvalue weighted by Gasteiger charge is 2.30. The summed E-state index contributed by atoms with van der Waals surface area (Å²) in [5.41, 5.74) is 6.35. The summed E-state index contributed by atoms with van der Waals surface area (Å²) in [6.45, 7) is 5.18. The van der Waals surface area contributed by atoms with Crippen molar-refractivity contribution in [1.82, 2.24) is 16.0 Å². The first-order valence-corrected chi connectivity index (χ1v) is 10.7. The number of carbonyl (C=O) groups excluding carboxylic acids is 3. The van der Waals surface area contributed by atoms with Crippen molar-refractivity contribution in [3.63, 3.8) is 0 Å². The molecule has 12 nitrogen and oxygen atoms in total. The van der Waals surface area contributed by atoms with Gasteiger partial charge in [-0.15, -0.1) is 0 Å². The largest absolute Gasteiger partial charge is 0.508 e. The lowest BCUT2D eigenvalue weighted by Crippen LogP contribution is -2.57. The summed E-state index contributed by atoms with van der Waals surface area (Å²) in [6, 6.07) is 0.860. The molecule has 0 heterocycles. The fourth-order valence-electron chi connectivity index (χ4n) is 3.02. The van der Waals surface area contributed by atoms with E-state index in [0.717, 1.165) is 0 Å². The van der Waals surface area contributed by atoms with Gasteiger partial charge in [0.1, 0.15) is 23.9 Å². The first kappa shape index (κ1) is 28.4. The number of amides is 3. The predicted octanol–water partition coefficient (Wildman–Crippen LogP) is -0.658. The Labute approximate surface area is 196 Å². The van der Waals surface area contributed by atoms with E-state index in [-0.39, 0.29) is 18.1 Å². The number of phenolic OH excluding ortho intramolecular Hbond substituents is 1. The van der Waals surface area contributed by atoms with Gasteiger partial charge < -0.3 is 37.0 Å². The fraction of sp³-hybridized carbons (Fsp3) is 0.500. The zero-order valence-electron chi connectivity index (χ0n) is 19.3. The molecule has 0 spiro atoms. The Hall–Kier alpha value is -3.67. The van der Waals surface area contributed by atoms with E-state index in [1.807, 2.05) is 13.8 Å². The third-order valence-electron chi connectivity index (χ3n) is 4.82. The fourth-order valence-corrected chi connectivity index (χ4v) is 3.02. The van der Waals surface area contributed by atoms with Crippen LogP contribution in [0.15, 0.2) is 24.3 Å². The van der Waals surface area contributed by atoms with E-state index in [9.17, 15) is 34.2 Å². The summed E-state index contributed by atoms with van der Waals surface area (Å²) in [5.74, 6) is -5.03. The lowest BCUT2D eigenvalue weighted by molar-refractivity contribution is -0.147. The van der Waals surface area contributed by atoms with Crippen molar-refractivity contribution in [2.45, 2.75) is 64.2 Å². The van der Waals surface area contributed by atoms with Crippen LogP contribution in [0, 0.1) is 5.92 Å². The van der Waals surface area contributed by atoms with Gasteiger partial charge in [0, 0.05) is 6.42 Å². The number of hydrogen-bond donors (Lipinski definition) is 7. The van der Waals surface area contributed by atoms with Crippen molar-refractivity contribution in [1.29, 1.82) is 0 Å². The van der Waals surface area contributed by atoms with E-state index in [4.69, 9.17) is 10.8 Å². The Balaban J connectivity index is 2.98. The smallest absolute Gasteiger partial charge is 0.326 e. The van der Waals surface area contributed by atoms with Crippen LogP contribution in [0.25, 0.3) is 0 Å². The zero-order chi connectivity index (χ0) is 26.0. The molecule has 0 bridgehead atoms. The second-order valence-corrected chi connectivity index (χ2v) is 8.40. The standard InChI is InChI=1S/C22H32N4O8/c1-11(2)8-15(23)20(31)24-12(3)19(30)25-16(9-13-4-6-14(27)7-5-13)21(32)26-17(22(33)34)10-18(28)29/h4-7,11-12,15-17,27H,8-10,23H2,1-3H3,(H,24,31)(H,25,30)(H,26,32)(H,28,29)(H,33,34). The topological polar surface area (TPSA) is 208 Å². The molecule has 3 amide bonds. The van der Waals surface area contributed by atoms with Gasteiger partial charge in [0.05, 0.1) is 12.5 Å². The predicted molar refractivity (Wildman–Crippen MR) is 121 cm³/mol. The second-order valence-electron chi connectivity index (χ2n) is 8.40. The quantitative estimate of drug-likeness (QED) is 0.191. The molecule has 0 aliphatic rings. The number of aliphatic carboxylic acids is 2. The number of carboxylic acid groups (broad SMARTS) is 2. The summed E-state index contributed by atoms with van der Waals surface area (Å²) in [7, 11) is 0. The molecule has 1 rings (SSSR count). The molecule has 1 aromatic carbocycles. The first-order chi connectivity index (χ1) is 15.8. The molecule has 8 N–H and O–H groups in total.